The first-order valence-corrected chi connectivity index (χ1v) is 6.17. The summed E-state index contributed by atoms with van der Waals surface area (Å²) in [4.78, 5) is 13.9. The molecule has 0 bridgehead atoms. The van der Waals surface area contributed by atoms with Gasteiger partial charge in [0.25, 0.3) is 0 Å². The Balaban J connectivity index is 4.22. The molecule has 0 rings (SSSR count). The van der Waals surface area contributed by atoms with E-state index in [1.807, 2.05) is 18.9 Å². The molecule has 0 aromatic heterocycles. The maximum atomic E-state index is 12.0. The van der Waals surface area contributed by atoms with Crippen molar-refractivity contribution in [3.8, 4) is 0 Å². The van der Waals surface area contributed by atoms with Crippen LogP contribution in [0.25, 0.3) is 0 Å². The van der Waals surface area contributed by atoms with Gasteiger partial charge in [0.1, 0.15) is 0 Å². The van der Waals surface area contributed by atoms with E-state index in [9.17, 15) is 4.79 Å². The van der Waals surface area contributed by atoms with Crippen LogP contribution in [0.5, 0.6) is 0 Å². The van der Waals surface area contributed by atoms with Crippen molar-refractivity contribution >= 4 is 5.91 Å². The Hall–Kier alpha value is -0.570. The maximum absolute atomic E-state index is 12.0. The minimum Gasteiger partial charge on any atom is -0.384 e. The number of amides is 1. The molecule has 3 nitrogen and oxygen atoms in total. The highest BCUT2D eigenvalue weighted by molar-refractivity contribution is 5.78. The Bertz CT molecular complexity index is 204. The highest BCUT2D eigenvalue weighted by atomic mass is 16.5. The molecular formula is C13H27NO2. The van der Waals surface area contributed by atoms with Gasteiger partial charge in [0, 0.05) is 26.6 Å². The van der Waals surface area contributed by atoms with Crippen LogP contribution < -0.4 is 0 Å². The summed E-state index contributed by atoms with van der Waals surface area (Å²) in [6.07, 6.45) is 1.04. The van der Waals surface area contributed by atoms with Gasteiger partial charge in [-0.1, -0.05) is 27.7 Å². The fourth-order valence-corrected chi connectivity index (χ4v) is 1.65. The van der Waals surface area contributed by atoms with E-state index in [1.54, 1.807) is 7.11 Å². The zero-order valence-corrected chi connectivity index (χ0v) is 11.6. The van der Waals surface area contributed by atoms with Gasteiger partial charge < -0.3 is 9.64 Å². The molecular weight excluding hydrogens is 202 g/mol. The molecule has 16 heavy (non-hydrogen) atoms. The van der Waals surface area contributed by atoms with Crippen molar-refractivity contribution in [3.05, 3.63) is 0 Å². The van der Waals surface area contributed by atoms with E-state index >= 15 is 0 Å². The molecule has 0 heterocycles. The molecule has 0 aliphatic rings. The van der Waals surface area contributed by atoms with E-state index in [0.717, 1.165) is 19.6 Å². The highest BCUT2D eigenvalue weighted by Gasteiger charge is 2.22. The zero-order chi connectivity index (χ0) is 12.7. The lowest BCUT2D eigenvalue weighted by atomic mass is 9.96. The highest BCUT2D eigenvalue weighted by Crippen LogP contribution is 2.14. The Morgan fingerprint density at radius 1 is 1.31 bits per heavy atom. The first-order chi connectivity index (χ1) is 7.43. The SMILES string of the molecule is CCC(COC)CN(C)C(=O)C(C)C(C)C. The largest absolute Gasteiger partial charge is 0.384 e. The van der Waals surface area contributed by atoms with Crippen molar-refractivity contribution in [1.29, 1.82) is 0 Å². The van der Waals surface area contributed by atoms with Gasteiger partial charge >= 0.3 is 0 Å². The van der Waals surface area contributed by atoms with Crippen molar-refractivity contribution in [1.82, 2.24) is 4.90 Å². The average molecular weight is 229 g/mol. The molecule has 1 amide bonds. The van der Waals surface area contributed by atoms with E-state index in [2.05, 4.69) is 20.8 Å². The molecule has 0 aliphatic heterocycles. The topological polar surface area (TPSA) is 29.5 Å². The second-order valence-electron chi connectivity index (χ2n) is 4.98. The van der Waals surface area contributed by atoms with Gasteiger partial charge in [-0.25, -0.2) is 0 Å². The molecule has 96 valence electrons. The van der Waals surface area contributed by atoms with E-state index in [4.69, 9.17) is 4.74 Å². The number of rotatable bonds is 7. The van der Waals surface area contributed by atoms with E-state index in [1.165, 1.54) is 0 Å². The summed E-state index contributed by atoms with van der Waals surface area (Å²) in [5.41, 5.74) is 0. The summed E-state index contributed by atoms with van der Waals surface area (Å²) in [6.45, 7) is 9.82. The number of nitrogens with zero attached hydrogens (tertiary/aromatic N) is 1. The molecule has 0 saturated carbocycles. The third-order valence-electron chi connectivity index (χ3n) is 3.28. The lowest BCUT2D eigenvalue weighted by molar-refractivity contribution is -0.135. The molecule has 0 aliphatic carbocycles. The van der Waals surface area contributed by atoms with Crippen LogP contribution in [0.15, 0.2) is 0 Å². The lowest BCUT2D eigenvalue weighted by Gasteiger charge is -2.27. The molecule has 0 spiro atoms. The average Bonchev–Trinajstić information content (AvgIpc) is 2.25. The summed E-state index contributed by atoms with van der Waals surface area (Å²) >= 11 is 0. The Labute approximate surface area is 100 Å². The molecule has 2 unspecified atom stereocenters. The minimum atomic E-state index is 0.102. The summed E-state index contributed by atoms with van der Waals surface area (Å²) < 4.78 is 5.15. The molecule has 0 aromatic carbocycles. The molecule has 0 fully saturated rings. The van der Waals surface area contributed by atoms with Crippen molar-refractivity contribution < 1.29 is 9.53 Å². The predicted molar refractivity (Wildman–Crippen MR) is 67.3 cm³/mol. The zero-order valence-electron chi connectivity index (χ0n) is 11.6. The fraction of sp³-hybridized carbons (Fsp3) is 0.923. The van der Waals surface area contributed by atoms with Crippen LogP contribution in [0.2, 0.25) is 0 Å². The third-order valence-corrected chi connectivity index (χ3v) is 3.28. The number of ether oxygens (including phenoxy) is 1. The Morgan fingerprint density at radius 3 is 2.25 bits per heavy atom. The van der Waals surface area contributed by atoms with Crippen molar-refractivity contribution in [2.45, 2.75) is 34.1 Å². The van der Waals surface area contributed by atoms with Crippen molar-refractivity contribution in [2.24, 2.45) is 17.8 Å². The van der Waals surface area contributed by atoms with Crippen molar-refractivity contribution in [3.63, 3.8) is 0 Å². The molecule has 2 atom stereocenters. The van der Waals surface area contributed by atoms with Crippen LogP contribution in [-0.4, -0.2) is 38.1 Å². The third kappa shape index (κ3) is 4.97. The predicted octanol–water partition coefficient (Wildman–Crippen LogP) is 2.41. The second-order valence-corrected chi connectivity index (χ2v) is 4.98. The van der Waals surface area contributed by atoms with Gasteiger partial charge in [0.2, 0.25) is 5.91 Å². The number of hydrogen-bond donors (Lipinski definition) is 0. The van der Waals surface area contributed by atoms with Crippen LogP contribution in [0.4, 0.5) is 0 Å². The summed E-state index contributed by atoms with van der Waals surface area (Å²) in [7, 11) is 3.60. The Morgan fingerprint density at radius 2 is 1.88 bits per heavy atom. The number of hydrogen-bond acceptors (Lipinski definition) is 2. The molecule has 0 aromatic rings. The number of carbonyl (C=O) groups is 1. The first kappa shape index (κ1) is 15.4. The van der Waals surface area contributed by atoms with Crippen LogP contribution in [0, 0.1) is 17.8 Å². The van der Waals surface area contributed by atoms with Crippen LogP contribution in [0.3, 0.4) is 0 Å². The van der Waals surface area contributed by atoms with E-state index in [-0.39, 0.29) is 11.8 Å². The monoisotopic (exact) mass is 229 g/mol. The lowest BCUT2D eigenvalue weighted by Crippen LogP contribution is -2.38. The maximum Gasteiger partial charge on any atom is 0.225 e. The van der Waals surface area contributed by atoms with Crippen LogP contribution in [0.1, 0.15) is 34.1 Å². The molecule has 0 saturated heterocycles. The Kier molecular flexibility index (Phi) is 7.39. The van der Waals surface area contributed by atoms with Gasteiger partial charge in [0.05, 0.1) is 6.61 Å². The van der Waals surface area contributed by atoms with E-state index in [0.29, 0.717) is 11.8 Å². The molecule has 0 radical (unpaired) electrons. The normalized spacial score (nSPS) is 14.9. The molecule has 3 heteroatoms. The summed E-state index contributed by atoms with van der Waals surface area (Å²) in [5.74, 6) is 1.19. The van der Waals surface area contributed by atoms with Crippen LogP contribution in [-0.2, 0) is 9.53 Å². The fourth-order valence-electron chi connectivity index (χ4n) is 1.65. The summed E-state index contributed by atoms with van der Waals surface area (Å²) in [6, 6.07) is 0. The quantitative estimate of drug-likeness (QED) is 0.671. The van der Waals surface area contributed by atoms with Crippen molar-refractivity contribution in [2.75, 3.05) is 27.3 Å². The van der Waals surface area contributed by atoms with Gasteiger partial charge in [-0.15, -0.1) is 0 Å². The van der Waals surface area contributed by atoms with Gasteiger partial charge in [0.15, 0.2) is 0 Å². The molecule has 0 N–H and O–H groups in total. The smallest absolute Gasteiger partial charge is 0.225 e. The second kappa shape index (κ2) is 7.66. The minimum absolute atomic E-state index is 0.102. The van der Waals surface area contributed by atoms with Crippen LogP contribution >= 0.6 is 0 Å². The number of methoxy groups -OCH3 is 1. The number of carbonyl (C=O) groups excluding carboxylic acids is 1. The standard InChI is InChI=1S/C13H27NO2/c1-7-12(9-16-6)8-14(5)13(15)11(4)10(2)3/h10-12H,7-9H2,1-6H3. The van der Waals surface area contributed by atoms with Gasteiger partial charge in [-0.2, -0.15) is 0 Å². The van der Waals surface area contributed by atoms with E-state index < -0.39 is 0 Å². The summed E-state index contributed by atoms with van der Waals surface area (Å²) in [5, 5.41) is 0. The van der Waals surface area contributed by atoms with Gasteiger partial charge in [-0.05, 0) is 18.3 Å². The first-order valence-electron chi connectivity index (χ1n) is 6.17. The van der Waals surface area contributed by atoms with Gasteiger partial charge in [-0.3, -0.25) is 4.79 Å².